The van der Waals surface area contributed by atoms with Crippen molar-refractivity contribution in [3.8, 4) is 0 Å². The Balaban J connectivity index is 2.47. The Hall–Kier alpha value is -0.430. The van der Waals surface area contributed by atoms with Gasteiger partial charge in [0.15, 0.2) is 0 Å². The van der Waals surface area contributed by atoms with Crippen LogP contribution in [0, 0.1) is 0 Å². The monoisotopic (exact) mass is 284 g/mol. The van der Waals surface area contributed by atoms with Crippen molar-refractivity contribution in [2.75, 3.05) is 31.1 Å². The molecule has 0 radical (unpaired) electrons. The van der Waals surface area contributed by atoms with Gasteiger partial charge in [-0.1, -0.05) is 6.92 Å². The molecular weight excluding hydrogens is 265 g/mol. The molecule has 1 aliphatic rings. The standard InChI is InChI=1S/C11H19F3N2OS/c1-2-4-16(8-11(12,13)14)10(17)6-9-7-18-5-3-15-9/h9,15H,2-8H2,1H3. The molecule has 0 spiro atoms. The Labute approximate surface area is 109 Å². The average Bonchev–Trinajstić information content (AvgIpc) is 2.28. The second-order valence-electron chi connectivity index (χ2n) is 4.36. The van der Waals surface area contributed by atoms with E-state index in [1.54, 1.807) is 18.7 Å². The minimum atomic E-state index is -4.32. The molecule has 1 rings (SSSR count). The Bertz CT molecular complexity index is 268. The van der Waals surface area contributed by atoms with Crippen LogP contribution in [0.2, 0.25) is 0 Å². The summed E-state index contributed by atoms with van der Waals surface area (Å²) >= 11 is 1.73. The van der Waals surface area contributed by atoms with Crippen molar-refractivity contribution in [1.82, 2.24) is 10.2 Å². The zero-order chi connectivity index (χ0) is 13.6. The molecular formula is C11H19F3N2OS. The molecule has 0 bridgehead atoms. The smallest absolute Gasteiger partial charge is 0.334 e. The molecule has 1 atom stereocenters. The van der Waals surface area contributed by atoms with Gasteiger partial charge in [-0.05, 0) is 6.42 Å². The van der Waals surface area contributed by atoms with Gasteiger partial charge in [-0.3, -0.25) is 4.79 Å². The van der Waals surface area contributed by atoms with Gasteiger partial charge in [0, 0.05) is 37.1 Å². The van der Waals surface area contributed by atoms with Gasteiger partial charge in [-0.25, -0.2) is 0 Å². The third-order valence-electron chi connectivity index (χ3n) is 2.64. The highest BCUT2D eigenvalue weighted by atomic mass is 32.2. The van der Waals surface area contributed by atoms with E-state index in [1.165, 1.54) is 0 Å². The number of nitrogens with zero attached hydrogens (tertiary/aromatic N) is 1. The van der Waals surface area contributed by atoms with E-state index in [1.807, 2.05) is 0 Å². The van der Waals surface area contributed by atoms with E-state index >= 15 is 0 Å². The summed E-state index contributed by atoms with van der Waals surface area (Å²) in [6.07, 6.45) is -3.63. The predicted octanol–water partition coefficient (Wildman–Crippen LogP) is 1.88. The molecule has 106 valence electrons. The molecule has 0 aromatic carbocycles. The van der Waals surface area contributed by atoms with E-state index in [9.17, 15) is 18.0 Å². The van der Waals surface area contributed by atoms with Crippen molar-refractivity contribution in [3.05, 3.63) is 0 Å². The number of alkyl halides is 3. The maximum absolute atomic E-state index is 12.4. The van der Waals surface area contributed by atoms with Gasteiger partial charge in [0.2, 0.25) is 5.91 Å². The van der Waals surface area contributed by atoms with Crippen LogP contribution in [0.15, 0.2) is 0 Å². The Morgan fingerprint density at radius 2 is 2.22 bits per heavy atom. The lowest BCUT2D eigenvalue weighted by Crippen LogP contribution is -2.45. The number of nitrogens with one attached hydrogen (secondary N) is 1. The van der Waals surface area contributed by atoms with E-state index in [2.05, 4.69) is 5.32 Å². The summed E-state index contributed by atoms with van der Waals surface area (Å²) in [5.74, 6) is 1.37. The number of halogens is 3. The lowest BCUT2D eigenvalue weighted by Gasteiger charge is -2.28. The Morgan fingerprint density at radius 1 is 1.50 bits per heavy atom. The average molecular weight is 284 g/mol. The van der Waals surface area contributed by atoms with Gasteiger partial charge in [0.25, 0.3) is 0 Å². The molecule has 1 saturated heterocycles. The fourth-order valence-corrected chi connectivity index (χ4v) is 2.82. The van der Waals surface area contributed by atoms with Gasteiger partial charge >= 0.3 is 6.18 Å². The van der Waals surface area contributed by atoms with Gasteiger partial charge < -0.3 is 10.2 Å². The fraction of sp³-hybridized carbons (Fsp3) is 0.909. The summed E-state index contributed by atoms with van der Waals surface area (Å²) in [6, 6.07) is 0.00356. The first-order chi connectivity index (χ1) is 8.42. The predicted molar refractivity (Wildman–Crippen MR) is 66.7 cm³/mol. The van der Waals surface area contributed by atoms with Gasteiger partial charge in [-0.2, -0.15) is 24.9 Å². The number of amides is 1. The molecule has 1 heterocycles. The number of carbonyl (C=O) groups is 1. The minimum Gasteiger partial charge on any atom is -0.334 e. The van der Waals surface area contributed by atoms with Crippen LogP contribution < -0.4 is 5.32 Å². The lowest BCUT2D eigenvalue weighted by molar-refractivity contribution is -0.161. The largest absolute Gasteiger partial charge is 0.406 e. The van der Waals surface area contributed by atoms with Crippen molar-refractivity contribution in [1.29, 1.82) is 0 Å². The number of hydrogen-bond acceptors (Lipinski definition) is 3. The molecule has 1 amide bonds. The fourth-order valence-electron chi connectivity index (χ4n) is 1.87. The molecule has 1 fully saturated rings. The molecule has 0 aliphatic carbocycles. The normalized spacial score (nSPS) is 20.8. The van der Waals surface area contributed by atoms with Crippen LogP contribution in [-0.2, 0) is 4.79 Å². The molecule has 0 saturated carbocycles. The van der Waals surface area contributed by atoms with Crippen molar-refractivity contribution in [2.24, 2.45) is 0 Å². The van der Waals surface area contributed by atoms with E-state index < -0.39 is 18.6 Å². The highest BCUT2D eigenvalue weighted by Crippen LogP contribution is 2.18. The van der Waals surface area contributed by atoms with E-state index in [-0.39, 0.29) is 19.0 Å². The molecule has 18 heavy (non-hydrogen) atoms. The van der Waals surface area contributed by atoms with Gasteiger partial charge in [0.1, 0.15) is 6.54 Å². The highest BCUT2D eigenvalue weighted by molar-refractivity contribution is 7.99. The summed E-state index contributed by atoms with van der Waals surface area (Å²) < 4.78 is 37.1. The summed E-state index contributed by atoms with van der Waals surface area (Å²) in [7, 11) is 0. The molecule has 1 N–H and O–H groups in total. The molecule has 3 nitrogen and oxygen atoms in total. The van der Waals surface area contributed by atoms with Crippen molar-refractivity contribution in [2.45, 2.75) is 32.0 Å². The number of rotatable bonds is 5. The second kappa shape index (κ2) is 7.23. The number of carbonyl (C=O) groups excluding carboxylic acids is 1. The first kappa shape index (κ1) is 15.6. The van der Waals surface area contributed by atoms with Crippen LogP contribution >= 0.6 is 11.8 Å². The SMILES string of the molecule is CCCN(CC(F)(F)F)C(=O)CC1CSCCN1. The van der Waals surface area contributed by atoms with Crippen LogP contribution in [0.4, 0.5) is 13.2 Å². The van der Waals surface area contributed by atoms with Gasteiger partial charge in [-0.15, -0.1) is 0 Å². The Kier molecular flexibility index (Phi) is 6.28. The van der Waals surface area contributed by atoms with Crippen molar-refractivity contribution >= 4 is 17.7 Å². The van der Waals surface area contributed by atoms with E-state index in [4.69, 9.17) is 0 Å². The summed E-state index contributed by atoms with van der Waals surface area (Å²) in [6.45, 7) is 1.61. The van der Waals surface area contributed by atoms with Crippen LogP contribution in [-0.4, -0.2) is 54.2 Å². The highest BCUT2D eigenvalue weighted by Gasteiger charge is 2.33. The van der Waals surface area contributed by atoms with Crippen LogP contribution in [0.25, 0.3) is 0 Å². The molecule has 7 heteroatoms. The van der Waals surface area contributed by atoms with Crippen LogP contribution in [0.1, 0.15) is 19.8 Å². The topological polar surface area (TPSA) is 32.3 Å². The third kappa shape index (κ3) is 5.95. The van der Waals surface area contributed by atoms with Gasteiger partial charge in [0.05, 0.1) is 0 Å². The molecule has 0 aromatic heterocycles. The molecule has 1 unspecified atom stereocenters. The van der Waals surface area contributed by atoms with E-state index in [0.717, 1.165) is 23.0 Å². The van der Waals surface area contributed by atoms with E-state index in [0.29, 0.717) is 6.42 Å². The van der Waals surface area contributed by atoms with Crippen LogP contribution in [0.5, 0.6) is 0 Å². The third-order valence-corrected chi connectivity index (χ3v) is 3.77. The number of hydrogen-bond donors (Lipinski definition) is 1. The van der Waals surface area contributed by atoms with Crippen LogP contribution in [0.3, 0.4) is 0 Å². The first-order valence-electron chi connectivity index (χ1n) is 6.08. The first-order valence-corrected chi connectivity index (χ1v) is 7.23. The molecule has 0 aromatic rings. The zero-order valence-corrected chi connectivity index (χ0v) is 11.2. The van der Waals surface area contributed by atoms with Crippen molar-refractivity contribution < 1.29 is 18.0 Å². The maximum Gasteiger partial charge on any atom is 0.406 e. The zero-order valence-electron chi connectivity index (χ0n) is 10.4. The quantitative estimate of drug-likeness (QED) is 0.836. The minimum absolute atomic E-state index is 0.00356. The summed E-state index contributed by atoms with van der Waals surface area (Å²) in [5.41, 5.74) is 0. The second-order valence-corrected chi connectivity index (χ2v) is 5.51. The Morgan fingerprint density at radius 3 is 2.72 bits per heavy atom. The molecule has 1 aliphatic heterocycles. The maximum atomic E-state index is 12.4. The van der Waals surface area contributed by atoms with Crippen molar-refractivity contribution in [3.63, 3.8) is 0 Å². The lowest BCUT2D eigenvalue weighted by atomic mass is 10.2. The summed E-state index contributed by atoms with van der Waals surface area (Å²) in [4.78, 5) is 12.8. The summed E-state index contributed by atoms with van der Waals surface area (Å²) in [5, 5.41) is 3.16. The number of thioether (sulfide) groups is 1.